The summed E-state index contributed by atoms with van der Waals surface area (Å²) in [5.41, 5.74) is 0.813. The number of fused-ring (bicyclic) bond motifs is 7. The van der Waals surface area contributed by atoms with Crippen molar-refractivity contribution in [2.75, 3.05) is 19.8 Å². The molecule has 5 aliphatic carbocycles. The van der Waals surface area contributed by atoms with Crippen LogP contribution < -0.4 is 0 Å². The third kappa shape index (κ3) is 5.98. The first-order chi connectivity index (χ1) is 24.7. The van der Waals surface area contributed by atoms with E-state index in [4.69, 9.17) is 18.9 Å². The fourth-order valence-corrected chi connectivity index (χ4v) is 13.4. The molecule has 2 saturated heterocycles. The van der Waals surface area contributed by atoms with Crippen molar-refractivity contribution in [2.24, 2.45) is 50.2 Å². The highest BCUT2D eigenvalue weighted by Crippen LogP contribution is 2.75. The van der Waals surface area contributed by atoms with Gasteiger partial charge in [0.25, 0.3) is 0 Å². The van der Waals surface area contributed by atoms with Crippen LogP contribution in [-0.2, 0) is 18.9 Å². The van der Waals surface area contributed by atoms with Crippen molar-refractivity contribution >= 4 is 0 Å². The van der Waals surface area contributed by atoms with E-state index in [0.29, 0.717) is 18.3 Å². The first-order valence-electron chi connectivity index (χ1n) is 20.3. The molecule has 2 aliphatic heterocycles. The number of allylic oxidation sites excluding steroid dienone is 2. The zero-order valence-corrected chi connectivity index (χ0v) is 32.9. The lowest BCUT2D eigenvalue weighted by molar-refractivity contribution is -0.368. The average molecular weight is 753 g/mol. The molecule has 0 spiro atoms. The molecule has 19 unspecified atom stereocenters. The fourth-order valence-electron chi connectivity index (χ4n) is 13.4. The number of aliphatic hydroxyl groups excluding tert-OH is 8. The molecular formula is C41H68O12. The van der Waals surface area contributed by atoms with Crippen molar-refractivity contribution in [2.45, 2.75) is 174 Å². The van der Waals surface area contributed by atoms with E-state index in [-0.39, 0.29) is 52.3 Å². The standard InChI is InChI=1S/C41H68O12/c1-36(2)16-22-21-8-9-26-38(4)12-11-28(39(5,20-43)25(38)10-13-41(26,7)40(21,6)15-14-37(22,3)27(45)17-36)52-35-33(29(46)23(44)19-50-35)53-34-32(49)31(48)30(47)24(18-42)51-34/h8,22-35,42-49H,9-20H2,1-7H3. The van der Waals surface area contributed by atoms with Crippen LogP contribution in [0.5, 0.6) is 0 Å². The lowest BCUT2D eigenvalue weighted by Crippen LogP contribution is -2.67. The first kappa shape index (κ1) is 40.5. The topological polar surface area (TPSA) is 199 Å². The smallest absolute Gasteiger partial charge is 0.187 e. The Balaban J connectivity index is 1.14. The predicted molar refractivity (Wildman–Crippen MR) is 193 cm³/mol. The number of rotatable bonds is 6. The summed E-state index contributed by atoms with van der Waals surface area (Å²) in [5.74, 6) is 0.853. The van der Waals surface area contributed by atoms with Crippen LogP contribution in [0, 0.1) is 50.2 Å². The SMILES string of the molecule is CC1(C)CC(O)C2(C)CCC3(C)C(=CCC4C5(C)CCC(OC6OCC(O)C(O)C6OC6OC(CO)C(O)C(O)C6O)C(C)(CO)C5CCC43C)C2C1. The Kier molecular flexibility index (Phi) is 10.4. The molecule has 0 amide bonds. The van der Waals surface area contributed by atoms with Gasteiger partial charge in [-0.3, -0.25) is 0 Å². The summed E-state index contributed by atoms with van der Waals surface area (Å²) >= 11 is 0. The Morgan fingerprint density at radius 2 is 1.45 bits per heavy atom. The Hall–Kier alpha value is -0.740. The maximum atomic E-state index is 11.5. The fraction of sp³-hybridized carbons (Fsp3) is 0.951. The maximum absolute atomic E-state index is 11.5. The molecule has 0 bridgehead atoms. The van der Waals surface area contributed by atoms with Crippen molar-refractivity contribution < 1.29 is 59.8 Å². The summed E-state index contributed by atoms with van der Waals surface area (Å²) in [7, 11) is 0. The second-order valence-corrected chi connectivity index (χ2v) is 20.3. The highest BCUT2D eigenvalue weighted by molar-refractivity contribution is 5.34. The van der Waals surface area contributed by atoms with Gasteiger partial charge in [0.05, 0.1) is 32.0 Å². The van der Waals surface area contributed by atoms with Crippen LogP contribution in [0.25, 0.3) is 0 Å². The van der Waals surface area contributed by atoms with Crippen molar-refractivity contribution in [3.8, 4) is 0 Å². The van der Waals surface area contributed by atoms with Gasteiger partial charge >= 0.3 is 0 Å². The molecule has 7 aliphatic rings. The van der Waals surface area contributed by atoms with Gasteiger partial charge in [0.15, 0.2) is 12.6 Å². The molecule has 53 heavy (non-hydrogen) atoms. The van der Waals surface area contributed by atoms with Gasteiger partial charge in [-0.2, -0.15) is 0 Å². The molecule has 304 valence electrons. The number of hydrogen-bond acceptors (Lipinski definition) is 12. The van der Waals surface area contributed by atoms with E-state index < -0.39 is 73.4 Å². The Bertz CT molecular complexity index is 1390. The monoisotopic (exact) mass is 752 g/mol. The molecule has 12 nitrogen and oxygen atoms in total. The minimum Gasteiger partial charge on any atom is -0.396 e. The molecule has 0 aromatic heterocycles. The van der Waals surface area contributed by atoms with E-state index >= 15 is 0 Å². The lowest BCUT2D eigenvalue weighted by Gasteiger charge is -2.72. The zero-order valence-electron chi connectivity index (χ0n) is 32.9. The molecule has 6 fully saturated rings. The normalized spacial score (nSPS) is 56.6. The summed E-state index contributed by atoms with van der Waals surface area (Å²) in [6.07, 6.45) is -2.99. The zero-order chi connectivity index (χ0) is 38.7. The van der Waals surface area contributed by atoms with Gasteiger partial charge in [-0.25, -0.2) is 0 Å². The lowest BCUT2D eigenvalue weighted by atomic mass is 9.33. The molecule has 12 heteroatoms. The molecule has 0 aromatic carbocycles. The van der Waals surface area contributed by atoms with Gasteiger partial charge < -0.3 is 59.8 Å². The van der Waals surface area contributed by atoms with Crippen LogP contribution in [0.4, 0.5) is 0 Å². The van der Waals surface area contributed by atoms with Gasteiger partial charge in [-0.1, -0.05) is 60.1 Å². The number of ether oxygens (including phenoxy) is 4. The molecule has 8 N–H and O–H groups in total. The van der Waals surface area contributed by atoms with Gasteiger partial charge in [-0.15, -0.1) is 0 Å². The van der Waals surface area contributed by atoms with Crippen molar-refractivity contribution in [1.29, 1.82) is 0 Å². The molecule has 19 atom stereocenters. The molecule has 4 saturated carbocycles. The second-order valence-electron chi connectivity index (χ2n) is 20.3. The number of hydrogen-bond donors (Lipinski definition) is 8. The van der Waals surface area contributed by atoms with Crippen molar-refractivity contribution in [3.63, 3.8) is 0 Å². The third-order valence-electron chi connectivity index (χ3n) is 17.1. The van der Waals surface area contributed by atoms with Crippen LogP contribution >= 0.6 is 0 Å². The van der Waals surface area contributed by atoms with Crippen LogP contribution in [-0.4, -0.2) is 128 Å². The quantitative estimate of drug-likeness (QED) is 0.146. The molecule has 0 radical (unpaired) electrons. The summed E-state index contributed by atoms with van der Waals surface area (Å²) in [6, 6.07) is 0. The summed E-state index contributed by atoms with van der Waals surface area (Å²) < 4.78 is 24.2. The number of aliphatic hydroxyl groups is 8. The highest BCUT2D eigenvalue weighted by atomic mass is 16.8. The van der Waals surface area contributed by atoms with Gasteiger partial charge in [-0.05, 0) is 97.2 Å². The average Bonchev–Trinajstić information content (AvgIpc) is 3.10. The van der Waals surface area contributed by atoms with Crippen molar-refractivity contribution in [1.82, 2.24) is 0 Å². The van der Waals surface area contributed by atoms with Gasteiger partial charge in [0, 0.05) is 10.8 Å². The van der Waals surface area contributed by atoms with Gasteiger partial charge in [0.2, 0.25) is 0 Å². The van der Waals surface area contributed by atoms with E-state index in [9.17, 15) is 40.9 Å². The highest BCUT2D eigenvalue weighted by Gasteiger charge is 2.69. The second kappa shape index (κ2) is 13.7. The first-order valence-corrected chi connectivity index (χ1v) is 20.3. The minimum absolute atomic E-state index is 0.00601. The van der Waals surface area contributed by atoms with E-state index in [0.717, 1.165) is 51.4 Å². The Labute approximate surface area is 314 Å². The predicted octanol–water partition coefficient (Wildman–Crippen LogP) is 2.40. The van der Waals surface area contributed by atoms with Crippen LogP contribution in [0.1, 0.15) is 106 Å². The molecule has 2 heterocycles. The van der Waals surface area contributed by atoms with Crippen LogP contribution in [0.2, 0.25) is 0 Å². The summed E-state index contributed by atoms with van der Waals surface area (Å²) in [5, 5.41) is 85.5. The van der Waals surface area contributed by atoms with Crippen LogP contribution in [0.15, 0.2) is 11.6 Å². The largest absolute Gasteiger partial charge is 0.396 e. The third-order valence-corrected chi connectivity index (χ3v) is 17.1. The Morgan fingerprint density at radius 1 is 0.736 bits per heavy atom. The van der Waals surface area contributed by atoms with Crippen LogP contribution in [0.3, 0.4) is 0 Å². The Morgan fingerprint density at radius 3 is 2.13 bits per heavy atom. The summed E-state index contributed by atoms with van der Waals surface area (Å²) in [6.45, 7) is 15.5. The van der Waals surface area contributed by atoms with Crippen molar-refractivity contribution in [3.05, 3.63) is 11.6 Å². The summed E-state index contributed by atoms with van der Waals surface area (Å²) in [4.78, 5) is 0. The van der Waals surface area contributed by atoms with E-state index in [1.807, 2.05) is 0 Å². The van der Waals surface area contributed by atoms with E-state index in [1.54, 1.807) is 5.57 Å². The molecule has 0 aromatic rings. The van der Waals surface area contributed by atoms with E-state index in [2.05, 4.69) is 54.5 Å². The maximum Gasteiger partial charge on any atom is 0.187 e. The minimum atomic E-state index is -1.71. The molecular weight excluding hydrogens is 684 g/mol. The van der Waals surface area contributed by atoms with Gasteiger partial charge in [0.1, 0.15) is 42.7 Å². The van der Waals surface area contributed by atoms with E-state index in [1.165, 1.54) is 0 Å². The molecule has 7 rings (SSSR count).